The molecule has 1 saturated heterocycles. The second-order valence-corrected chi connectivity index (χ2v) is 9.96. The molecule has 0 radical (unpaired) electrons. The summed E-state index contributed by atoms with van der Waals surface area (Å²) in [4.78, 5) is 44.0. The van der Waals surface area contributed by atoms with Gasteiger partial charge in [-0.2, -0.15) is 4.98 Å². The Morgan fingerprint density at radius 2 is 1.85 bits per heavy atom. The molecule has 2 heterocycles. The van der Waals surface area contributed by atoms with E-state index in [9.17, 15) is 14.4 Å². The number of aromatic nitrogens is 2. The Morgan fingerprint density at radius 3 is 2.47 bits per heavy atom. The van der Waals surface area contributed by atoms with E-state index in [1.807, 2.05) is 37.3 Å². The first-order valence-corrected chi connectivity index (χ1v) is 11.4. The van der Waals surface area contributed by atoms with Crippen LogP contribution in [0, 0.1) is 0 Å². The summed E-state index contributed by atoms with van der Waals surface area (Å²) in [5, 5.41) is 9.55. The monoisotopic (exact) mass is 471 g/mol. The molecule has 2 aromatic rings. The zero-order valence-corrected chi connectivity index (χ0v) is 20.6. The molecule has 10 nitrogen and oxygen atoms in total. The van der Waals surface area contributed by atoms with Gasteiger partial charge in [0.05, 0.1) is 0 Å². The quantitative estimate of drug-likeness (QED) is 0.558. The van der Waals surface area contributed by atoms with Crippen molar-refractivity contribution in [3.8, 4) is 0 Å². The van der Waals surface area contributed by atoms with Gasteiger partial charge in [-0.3, -0.25) is 9.69 Å². The molecule has 1 aliphatic heterocycles. The fourth-order valence-corrected chi connectivity index (χ4v) is 3.77. The highest BCUT2D eigenvalue weighted by Gasteiger charge is 2.52. The van der Waals surface area contributed by atoms with Gasteiger partial charge < -0.3 is 19.9 Å². The third kappa shape index (κ3) is 5.37. The largest absolute Gasteiger partial charge is 0.444 e. The Balaban J connectivity index is 1.78. The molecule has 184 valence electrons. The molecule has 1 aromatic heterocycles. The number of unbranched alkanes of at least 4 members (excludes halogenated alkanes) is 1. The van der Waals surface area contributed by atoms with Crippen LogP contribution in [-0.4, -0.2) is 38.7 Å². The van der Waals surface area contributed by atoms with E-state index in [2.05, 4.69) is 20.8 Å². The molecular weight excluding hydrogens is 438 g/mol. The van der Waals surface area contributed by atoms with Gasteiger partial charge in [0.2, 0.25) is 5.89 Å². The first kappa shape index (κ1) is 25.2. The summed E-state index contributed by atoms with van der Waals surface area (Å²) in [6, 6.07) is 8.71. The van der Waals surface area contributed by atoms with Crippen molar-refractivity contribution in [3.63, 3.8) is 0 Å². The van der Waals surface area contributed by atoms with Crippen molar-refractivity contribution in [2.24, 2.45) is 0 Å². The Labute approximate surface area is 199 Å². The normalized spacial score (nSPS) is 18.7. The predicted molar refractivity (Wildman–Crippen MR) is 123 cm³/mol. The van der Waals surface area contributed by atoms with Gasteiger partial charge in [-0.05, 0) is 46.6 Å². The van der Waals surface area contributed by atoms with Crippen LogP contribution in [0.5, 0.6) is 0 Å². The maximum atomic E-state index is 13.5. The lowest BCUT2D eigenvalue weighted by Crippen LogP contribution is -2.44. The lowest BCUT2D eigenvalue weighted by molar-refractivity contribution is -0.132. The molecule has 1 unspecified atom stereocenters. The van der Waals surface area contributed by atoms with Gasteiger partial charge in [0.15, 0.2) is 5.82 Å². The predicted octanol–water partition coefficient (Wildman–Crippen LogP) is 3.97. The van der Waals surface area contributed by atoms with E-state index in [-0.39, 0.29) is 24.2 Å². The molecule has 1 atom stereocenters. The highest BCUT2D eigenvalue weighted by atomic mass is 16.6. The number of amides is 4. The molecule has 2 N–H and O–H groups in total. The Hall–Kier alpha value is -3.43. The minimum atomic E-state index is -1.13. The smallest absolute Gasteiger partial charge is 0.408 e. The number of hydrogen-bond donors (Lipinski definition) is 2. The topological polar surface area (TPSA) is 127 Å². The second kappa shape index (κ2) is 9.44. The van der Waals surface area contributed by atoms with Crippen molar-refractivity contribution in [1.82, 2.24) is 25.7 Å². The molecule has 0 saturated carbocycles. The third-order valence-corrected chi connectivity index (χ3v) is 5.48. The van der Waals surface area contributed by atoms with Crippen LogP contribution in [0.15, 0.2) is 34.9 Å². The van der Waals surface area contributed by atoms with Gasteiger partial charge in [-0.1, -0.05) is 55.3 Å². The van der Waals surface area contributed by atoms with Gasteiger partial charge in [0.1, 0.15) is 23.2 Å². The van der Waals surface area contributed by atoms with Crippen LogP contribution in [-0.2, 0) is 27.2 Å². The number of imide groups is 1. The summed E-state index contributed by atoms with van der Waals surface area (Å²) in [5.41, 5.74) is -2.06. The van der Waals surface area contributed by atoms with Crippen LogP contribution in [0.1, 0.15) is 78.1 Å². The molecule has 1 fully saturated rings. The SMILES string of the molecule is CCCCC1(c2ccccc2)NC(=O)N(Cc2nc(C(C)(C)NC(=O)OC(C)(C)C)no2)C1=O. The first-order chi connectivity index (χ1) is 15.9. The Morgan fingerprint density at radius 1 is 1.18 bits per heavy atom. The third-order valence-electron chi connectivity index (χ3n) is 5.48. The van der Waals surface area contributed by atoms with Gasteiger partial charge in [-0.25, -0.2) is 9.59 Å². The molecule has 34 heavy (non-hydrogen) atoms. The second-order valence-electron chi connectivity index (χ2n) is 9.96. The van der Waals surface area contributed by atoms with Crippen LogP contribution < -0.4 is 10.6 Å². The van der Waals surface area contributed by atoms with E-state index in [1.54, 1.807) is 34.6 Å². The van der Waals surface area contributed by atoms with E-state index in [1.165, 1.54) is 0 Å². The summed E-state index contributed by atoms with van der Waals surface area (Å²) in [6.07, 6.45) is 1.51. The highest BCUT2D eigenvalue weighted by Crippen LogP contribution is 2.35. The summed E-state index contributed by atoms with van der Waals surface area (Å²) < 4.78 is 10.6. The molecule has 0 aliphatic carbocycles. The van der Waals surface area contributed by atoms with Crippen molar-refractivity contribution in [2.75, 3.05) is 0 Å². The maximum Gasteiger partial charge on any atom is 0.408 e. The molecule has 4 amide bonds. The van der Waals surface area contributed by atoms with E-state index in [4.69, 9.17) is 9.26 Å². The average Bonchev–Trinajstić information content (AvgIpc) is 3.31. The Kier molecular flexibility index (Phi) is 6.99. The minimum Gasteiger partial charge on any atom is -0.444 e. The standard InChI is InChI=1S/C24H33N5O5/c1-7-8-14-24(16-12-10-9-11-13-16)19(30)29(20(31)26-24)15-17-25-18(28-34-17)23(5,6)27-21(32)33-22(2,3)4/h9-13H,7-8,14-15H2,1-6H3,(H,26,31)(H,27,32). The fraction of sp³-hybridized carbons (Fsp3) is 0.542. The van der Waals surface area contributed by atoms with Gasteiger partial charge in [0.25, 0.3) is 5.91 Å². The fourth-order valence-electron chi connectivity index (χ4n) is 3.77. The zero-order chi connectivity index (χ0) is 25.1. The van der Waals surface area contributed by atoms with Crippen LogP contribution in [0.4, 0.5) is 9.59 Å². The number of rotatable bonds is 8. The van der Waals surface area contributed by atoms with Crippen molar-refractivity contribution < 1.29 is 23.6 Å². The summed E-state index contributed by atoms with van der Waals surface area (Å²) >= 11 is 0. The van der Waals surface area contributed by atoms with Gasteiger partial charge >= 0.3 is 12.1 Å². The van der Waals surface area contributed by atoms with Gasteiger partial charge in [0, 0.05) is 0 Å². The van der Waals surface area contributed by atoms with Crippen LogP contribution in [0.2, 0.25) is 0 Å². The van der Waals surface area contributed by atoms with E-state index >= 15 is 0 Å². The van der Waals surface area contributed by atoms with E-state index in [0.717, 1.165) is 23.3 Å². The number of carbonyl (C=O) groups excluding carboxylic acids is 3. The first-order valence-electron chi connectivity index (χ1n) is 11.4. The average molecular weight is 472 g/mol. The zero-order valence-electron chi connectivity index (χ0n) is 20.6. The number of nitrogens with one attached hydrogen (secondary N) is 2. The number of nitrogens with zero attached hydrogens (tertiary/aromatic N) is 3. The number of carbonyl (C=O) groups is 3. The summed E-state index contributed by atoms with van der Waals surface area (Å²) in [6.45, 7) is 10.5. The number of benzene rings is 1. The van der Waals surface area contributed by atoms with Gasteiger partial charge in [-0.15, -0.1) is 0 Å². The van der Waals surface area contributed by atoms with Crippen LogP contribution in [0.25, 0.3) is 0 Å². The van der Waals surface area contributed by atoms with Crippen molar-refractivity contribution in [2.45, 2.75) is 84.0 Å². The number of hydrogen-bond acceptors (Lipinski definition) is 7. The molecule has 3 rings (SSSR count). The molecule has 1 aliphatic rings. The molecule has 0 bridgehead atoms. The lowest BCUT2D eigenvalue weighted by Gasteiger charge is -2.27. The number of urea groups is 1. The molecular formula is C24H33N5O5. The summed E-state index contributed by atoms with van der Waals surface area (Å²) in [5.74, 6) is -0.0827. The van der Waals surface area contributed by atoms with Crippen LogP contribution in [0.3, 0.4) is 0 Å². The van der Waals surface area contributed by atoms with Crippen molar-refractivity contribution in [1.29, 1.82) is 0 Å². The van der Waals surface area contributed by atoms with E-state index in [0.29, 0.717) is 6.42 Å². The minimum absolute atomic E-state index is 0.0805. The maximum absolute atomic E-state index is 13.5. The van der Waals surface area contributed by atoms with Crippen molar-refractivity contribution >= 4 is 18.0 Å². The highest BCUT2D eigenvalue weighted by molar-refractivity contribution is 6.07. The lowest BCUT2D eigenvalue weighted by atomic mass is 9.85. The Bertz CT molecular complexity index is 1040. The summed E-state index contributed by atoms with van der Waals surface area (Å²) in [7, 11) is 0. The molecule has 1 aromatic carbocycles. The molecule has 0 spiro atoms. The van der Waals surface area contributed by atoms with E-state index < -0.39 is 28.8 Å². The van der Waals surface area contributed by atoms with Crippen molar-refractivity contribution in [3.05, 3.63) is 47.6 Å². The number of ether oxygens (including phenoxy) is 1. The molecule has 10 heteroatoms. The number of alkyl carbamates (subject to hydrolysis) is 1. The van der Waals surface area contributed by atoms with Crippen LogP contribution >= 0.6 is 0 Å².